The molecule has 0 bridgehead atoms. The van der Waals surface area contributed by atoms with E-state index in [4.69, 9.17) is 0 Å². The first-order chi connectivity index (χ1) is 11.8. The summed E-state index contributed by atoms with van der Waals surface area (Å²) in [4.78, 5) is 0. The first kappa shape index (κ1) is 19.1. The molecule has 0 amide bonds. The quantitative estimate of drug-likeness (QED) is 0.259. The van der Waals surface area contributed by atoms with Crippen molar-refractivity contribution < 1.29 is 0 Å². The number of hydrogen-bond donors (Lipinski definition) is 0. The van der Waals surface area contributed by atoms with Crippen molar-refractivity contribution in [2.75, 3.05) is 0 Å². The third kappa shape index (κ3) is 7.15. The van der Waals surface area contributed by atoms with Crippen molar-refractivity contribution in [3.63, 3.8) is 0 Å². The molecule has 0 unspecified atom stereocenters. The summed E-state index contributed by atoms with van der Waals surface area (Å²) in [6.07, 6.45) is 23.8. The van der Waals surface area contributed by atoms with Gasteiger partial charge in [0, 0.05) is 12.4 Å². The van der Waals surface area contributed by atoms with Gasteiger partial charge in [-0.1, -0.05) is 12.2 Å². The zero-order chi connectivity index (χ0) is 17.0. The molecule has 2 aliphatic rings. The summed E-state index contributed by atoms with van der Waals surface area (Å²) in [5, 5.41) is 8.72. The van der Waals surface area contributed by atoms with Crippen molar-refractivity contribution in [3.05, 3.63) is 25.3 Å². The van der Waals surface area contributed by atoms with E-state index in [9.17, 15) is 0 Å². The van der Waals surface area contributed by atoms with Crippen LogP contribution in [-0.2, 0) is 0 Å². The van der Waals surface area contributed by atoms with Crippen LogP contribution in [0.1, 0.15) is 77.0 Å². The molecule has 0 aromatic rings. The van der Waals surface area contributed by atoms with Crippen LogP contribution < -0.4 is 0 Å². The third-order valence-electron chi connectivity index (χ3n) is 5.96. The summed E-state index contributed by atoms with van der Waals surface area (Å²) in [6.45, 7) is 7.65. The second-order valence-corrected chi connectivity index (χ2v) is 7.82. The molecule has 0 atom stereocenters. The fraction of sp³-hybridized carbons (Fsp3) is 0.727. The fourth-order valence-corrected chi connectivity index (χ4v) is 4.22. The van der Waals surface area contributed by atoms with Gasteiger partial charge < -0.3 is 0 Å². The SMILES string of the molecule is C=CCCC1CCC(C=NN=CC2CCC(CCC=C)CC2)CC1. The van der Waals surface area contributed by atoms with Crippen LogP contribution in [0.25, 0.3) is 0 Å². The molecule has 2 rings (SSSR count). The highest BCUT2D eigenvalue weighted by Crippen LogP contribution is 2.31. The second kappa shape index (κ2) is 11.4. The predicted molar refractivity (Wildman–Crippen MR) is 107 cm³/mol. The number of rotatable bonds is 9. The zero-order valence-corrected chi connectivity index (χ0v) is 15.4. The molecule has 2 fully saturated rings. The van der Waals surface area contributed by atoms with E-state index < -0.39 is 0 Å². The summed E-state index contributed by atoms with van der Waals surface area (Å²) in [5.41, 5.74) is 0. The molecular weight excluding hydrogens is 292 g/mol. The average molecular weight is 329 g/mol. The summed E-state index contributed by atoms with van der Waals surface area (Å²) in [7, 11) is 0. The molecule has 0 aromatic heterocycles. The van der Waals surface area contributed by atoms with E-state index in [1.807, 2.05) is 0 Å². The lowest BCUT2D eigenvalue weighted by atomic mass is 9.80. The van der Waals surface area contributed by atoms with Crippen molar-refractivity contribution >= 4 is 12.4 Å². The van der Waals surface area contributed by atoms with Crippen LogP contribution in [0.2, 0.25) is 0 Å². The summed E-state index contributed by atoms with van der Waals surface area (Å²) in [6, 6.07) is 0. The maximum Gasteiger partial charge on any atom is 0.0301 e. The maximum atomic E-state index is 4.36. The van der Waals surface area contributed by atoms with Crippen molar-refractivity contribution in [2.45, 2.75) is 77.0 Å². The fourth-order valence-electron chi connectivity index (χ4n) is 4.22. The van der Waals surface area contributed by atoms with Crippen LogP contribution in [0.5, 0.6) is 0 Å². The molecular formula is C22H36N2. The van der Waals surface area contributed by atoms with E-state index in [-0.39, 0.29) is 0 Å². The Morgan fingerprint density at radius 3 is 1.33 bits per heavy atom. The second-order valence-electron chi connectivity index (χ2n) is 7.82. The van der Waals surface area contributed by atoms with E-state index in [2.05, 4.69) is 47.9 Å². The zero-order valence-electron chi connectivity index (χ0n) is 15.4. The van der Waals surface area contributed by atoms with Crippen molar-refractivity contribution in [3.8, 4) is 0 Å². The first-order valence-corrected chi connectivity index (χ1v) is 10.1. The van der Waals surface area contributed by atoms with Crippen molar-refractivity contribution in [1.82, 2.24) is 0 Å². The van der Waals surface area contributed by atoms with Gasteiger partial charge in [0.1, 0.15) is 0 Å². The summed E-state index contributed by atoms with van der Waals surface area (Å²) >= 11 is 0. The van der Waals surface area contributed by atoms with Gasteiger partial charge in [0.2, 0.25) is 0 Å². The van der Waals surface area contributed by atoms with Gasteiger partial charge in [-0.25, -0.2) is 0 Å². The molecule has 0 N–H and O–H groups in total. The molecule has 0 saturated heterocycles. The molecule has 134 valence electrons. The van der Waals surface area contributed by atoms with Crippen LogP contribution in [0.3, 0.4) is 0 Å². The largest absolute Gasteiger partial charge is 0.164 e. The Bertz CT molecular complexity index is 368. The highest BCUT2D eigenvalue weighted by atomic mass is 15.2. The van der Waals surface area contributed by atoms with Gasteiger partial charge in [-0.15, -0.1) is 13.2 Å². The Morgan fingerprint density at radius 2 is 1.00 bits per heavy atom. The highest BCUT2D eigenvalue weighted by Gasteiger charge is 2.20. The van der Waals surface area contributed by atoms with Crippen LogP contribution in [-0.4, -0.2) is 12.4 Å². The lowest BCUT2D eigenvalue weighted by Gasteiger charge is -2.26. The summed E-state index contributed by atoms with van der Waals surface area (Å²) < 4.78 is 0. The van der Waals surface area contributed by atoms with Gasteiger partial charge in [0.25, 0.3) is 0 Å². The lowest BCUT2D eigenvalue weighted by molar-refractivity contribution is 0.310. The van der Waals surface area contributed by atoms with E-state index in [1.54, 1.807) is 0 Å². The molecule has 24 heavy (non-hydrogen) atoms. The van der Waals surface area contributed by atoms with Crippen LogP contribution >= 0.6 is 0 Å². The molecule has 2 heteroatoms. The minimum atomic E-state index is 0.650. The lowest BCUT2D eigenvalue weighted by Crippen LogP contribution is -2.16. The van der Waals surface area contributed by atoms with E-state index in [0.29, 0.717) is 11.8 Å². The minimum Gasteiger partial charge on any atom is -0.164 e. The first-order valence-electron chi connectivity index (χ1n) is 10.1. The van der Waals surface area contributed by atoms with Crippen molar-refractivity contribution in [2.24, 2.45) is 33.9 Å². The molecule has 0 aliphatic heterocycles. The molecule has 0 heterocycles. The molecule has 0 aromatic carbocycles. The monoisotopic (exact) mass is 328 g/mol. The van der Waals surface area contributed by atoms with Gasteiger partial charge in [-0.3, -0.25) is 0 Å². The Hall–Kier alpha value is -1.18. The van der Waals surface area contributed by atoms with Gasteiger partial charge in [0.15, 0.2) is 0 Å². The van der Waals surface area contributed by atoms with Crippen molar-refractivity contribution in [1.29, 1.82) is 0 Å². The van der Waals surface area contributed by atoms with E-state index in [1.165, 1.54) is 77.0 Å². The Labute approximate surface area is 149 Å². The normalized spacial score (nSPS) is 31.5. The van der Waals surface area contributed by atoms with Gasteiger partial charge in [-0.2, -0.15) is 10.2 Å². The Morgan fingerprint density at radius 1 is 0.625 bits per heavy atom. The predicted octanol–water partition coefficient (Wildman–Crippen LogP) is 6.59. The van der Waals surface area contributed by atoms with E-state index >= 15 is 0 Å². The summed E-state index contributed by atoms with van der Waals surface area (Å²) in [5.74, 6) is 3.12. The number of allylic oxidation sites excluding steroid dienone is 2. The number of nitrogens with zero attached hydrogens (tertiary/aromatic N) is 2. The smallest absolute Gasteiger partial charge is 0.0301 e. The molecule has 2 saturated carbocycles. The Balaban J connectivity index is 1.60. The third-order valence-corrected chi connectivity index (χ3v) is 5.96. The van der Waals surface area contributed by atoms with Crippen LogP contribution in [0.15, 0.2) is 35.5 Å². The number of hydrogen-bond acceptors (Lipinski definition) is 2. The topological polar surface area (TPSA) is 24.7 Å². The van der Waals surface area contributed by atoms with E-state index in [0.717, 1.165) is 11.8 Å². The van der Waals surface area contributed by atoms with Crippen LogP contribution in [0.4, 0.5) is 0 Å². The molecule has 2 nitrogen and oxygen atoms in total. The maximum absolute atomic E-state index is 4.36. The highest BCUT2D eigenvalue weighted by molar-refractivity contribution is 5.64. The Kier molecular flexibility index (Phi) is 9.09. The van der Waals surface area contributed by atoms with Gasteiger partial charge >= 0.3 is 0 Å². The standard InChI is InChI=1S/C22H36N2/c1-3-5-7-19-9-13-21(14-10-19)17-23-24-18-22-15-11-20(12-16-22)8-6-4-2/h3-4,17-22H,1-2,5-16H2. The molecule has 0 radical (unpaired) electrons. The minimum absolute atomic E-state index is 0.650. The molecule has 0 spiro atoms. The van der Waals surface area contributed by atoms with Gasteiger partial charge in [0.05, 0.1) is 0 Å². The van der Waals surface area contributed by atoms with Crippen LogP contribution in [0, 0.1) is 23.7 Å². The molecule has 2 aliphatic carbocycles. The average Bonchev–Trinajstić information content (AvgIpc) is 2.64. The van der Waals surface area contributed by atoms with Gasteiger partial charge in [-0.05, 0) is 101 Å².